The molecular weight excluding hydrogens is 629 g/mol. The van der Waals surface area contributed by atoms with E-state index in [1.807, 2.05) is 0 Å². The second kappa shape index (κ2) is 11.8. The van der Waals surface area contributed by atoms with Gasteiger partial charge in [-0.05, 0) is 73.4 Å². The van der Waals surface area contributed by atoms with E-state index in [9.17, 15) is 43.6 Å². The summed E-state index contributed by atoms with van der Waals surface area (Å²) in [7, 11) is -7.48. The van der Waals surface area contributed by atoms with Gasteiger partial charge >= 0.3 is 6.18 Å². The predicted octanol–water partition coefficient (Wildman–Crippen LogP) is 5.29. The van der Waals surface area contributed by atoms with Crippen molar-refractivity contribution in [3.8, 4) is 5.75 Å². The molecule has 3 aromatic rings. The van der Waals surface area contributed by atoms with E-state index < -0.39 is 65.9 Å². The Morgan fingerprint density at radius 1 is 0.955 bits per heavy atom. The summed E-state index contributed by atoms with van der Waals surface area (Å²) in [6, 6.07) is 12.4. The highest BCUT2D eigenvalue weighted by molar-refractivity contribution is 7.92. The molecule has 0 spiro atoms. The molecule has 236 valence electrons. The molecule has 14 heteroatoms. The Hall–Kier alpha value is -3.52. The van der Waals surface area contributed by atoms with Crippen LogP contribution < -0.4 is 4.74 Å². The summed E-state index contributed by atoms with van der Waals surface area (Å²) in [5.74, 6) is -2.86. The van der Waals surface area contributed by atoms with Gasteiger partial charge in [-0.15, -0.1) is 0 Å². The van der Waals surface area contributed by atoms with E-state index in [1.54, 1.807) is 0 Å². The van der Waals surface area contributed by atoms with Gasteiger partial charge in [-0.25, -0.2) is 25.6 Å². The molecule has 2 heterocycles. The van der Waals surface area contributed by atoms with Gasteiger partial charge in [0.15, 0.2) is 9.84 Å². The zero-order valence-electron chi connectivity index (χ0n) is 23.2. The van der Waals surface area contributed by atoms with Crippen LogP contribution in [0.2, 0.25) is 0 Å². The first-order valence-corrected chi connectivity index (χ1v) is 17.0. The lowest BCUT2D eigenvalue weighted by molar-refractivity contribution is -0.139. The molecule has 7 nitrogen and oxygen atoms in total. The highest BCUT2D eigenvalue weighted by Crippen LogP contribution is 2.44. The Labute approximate surface area is 251 Å². The molecular formula is C30H28F5NO6S2. The third-order valence-corrected chi connectivity index (χ3v) is 12.5. The van der Waals surface area contributed by atoms with Gasteiger partial charge in [-0.1, -0.05) is 18.2 Å². The van der Waals surface area contributed by atoms with Gasteiger partial charge in [0.05, 0.1) is 22.0 Å². The summed E-state index contributed by atoms with van der Waals surface area (Å²) in [6.45, 7) is -0.924. The number of sulfone groups is 2. The summed E-state index contributed by atoms with van der Waals surface area (Å²) in [6.07, 6.45) is -4.55. The van der Waals surface area contributed by atoms with Crippen LogP contribution >= 0.6 is 0 Å². The molecule has 2 aliphatic rings. The van der Waals surface area contributed by atoms with E-state index in [1.165, 1.54) is 29.2 Å². The van der Waals surface area contributed by atoms with Crippen LogP contribution in [0.5, 0.6) is 5.75 Å². The van der Waals surface area contributed by atoms with E-state index in [4.69, 9.17) is 4.74 Å². The van der Waals surface area contributed by atoms with E-state index in [0.29, 0.717) is 0 Å². The van der Waals surface area contributed by atoms with Crippen molar-refractivity contribution < 1.29 is 48.3 Å². The van der Waals surface area contributed by atoms with Crippen LogP contribution in [-0.2, 0) is 42.0 Å². The lowest BCUT2D eigenvalue weighted by Crippen LogP contribution is -2.43. The number of likely N-dealkylation sites (tertiary alicyclic amines) is 1. The van der Waals surface area contributed by atoms with Gasteiger partial charge in [0, 0.05) is 24.6 Å². The Morgan fingerprint density at radius 3 is 2.20 bits per heavy atom. The molecule has 1 atom stereocenters. The quantitative estimate of drug-likeness (QED) is 0.253. The first-order chi connectivity index (χ1) is 20.6. The molecule has 0 radical (unpaired) electrons. The third-order valence-electron chi connectivity index (χ3n) is 8.27. The van der Waals surface area contributed by atoms with Gasteiger partial charge in [-0.2, -0.15) is 13.2 Å². The van der Waals surface area contributed by atoms with Crippen molar-refractivity contribution in [2.75, 3.05) is 24.6 Å². The average Bonchev–Trinajstić information content (AvgIpc) is 3.44. The molecule has 0 N–H and O–H groups in total. The number of nitrogens with zero attached hydrogens (tertiary/aromatic N) is 1. The lowest BCUT2D eigenvalue weighted by atomic mass is 9.97. The maximum Gasteiger partial charge on any atom is 0.416 e. The predicted molar refractivity (Wildman–Crippen MR) is 150 cm³/mol. The molecule has 2 aliphatic heterocycles. The topological polar surface area (TPSA) is 97.8 Å². The van der Waals surface area contributed by atoms with Crippen LogP contribution in [0.25, 0.3) is 0 Å². The van der Waals surface area contributed by atoms with Gasteiger partial charge in [0.1, 0.15) is 38.6 Å². The molecule has 2 saturated heterocycles. The molecule has 0 unspecified atom stereocenters. The van der Waals surface area contributed by atoms with Crippen LogP contribution in [0.15, 0.2) is 71.6 Å². The first-order valence-electron chi connectivity index (χ1n) is 13.7. The normalized spacial score (nSPS) is 20.9. The van der Waals surface area contributed by atoms with Crippen molar-refractivity contribution in [3.63, 3.8) is 0 Å². The van der Waals surface area contributed by atoms with Gasteiger partial charge < -0.3 is 9.64 Å². The molecule has 3 aromatic carbocycles. The largest absolute Gasteiger partial charge is 0.489 e. The molecule has 2 fully saturated rings. The summed E-state index contributed by atoms with van der Waals surface area (Å²) < 4.78 is 124. The number of carbonyl (C=O) groups excluding carboxylic acids is 1. The number of benzene rings is 3. The minimum atomic E-state index is -4.80. The second-order valence-corrected chi connectivity index (χ2v) is 15.5. The van der Waals surface area contributed by atoms with E-state index in [-0.39, 0.29) is 66.0 Å². The van der Waals surface area contributed by atoms with Crippen molar-refractivity contribution in [1.82, 2.24) is 4.90 Å². The Kier molecular flexibility index (Phi) is 8.53. The minimum absolute atomic E-state index is 0.0200. The van der Waals surface area contributed by atoms with Crippen LogP contribution in [0.3, 0.4) is 0 Å². The fourth-order valence-electron chi connectivity index (χ4n) is 5.80. The Bertz CT molecular complexity index is 1750. The molecule has 5 rings (SSSR count). The van der Waals surface area contributed by atoms with Crippen LogP contribution in [0.1, 0.15) is 36.0 Å². The maximum absolute atomic E-state index is 14.3. The second-order valence-electron chi connectivity index (χ2n) is 11.0. The van der Waals surface area contributed by atoms with Crippen molar-refractivity contribution in [1.29, 1.82) is 0 Å². The highest BCUT2D eigenvalue weighted by atomic mass is 32.2. The lowest BCUT2D eigenvalue weighted by Gasteiger charge is -2.31. The van der Waals surface area contributed by atoms with Crippen molar-refractivity contribution in [2.24, 2.45) is 5.92 Å². The molecule has 44 heavy (non-hydrogen) atoms. The van der Waals surface area contributed by atoms with Crippen molar-refractivity contribution in [3.05, 3.63) is 95.1 Å². The minimum Gasteiger partial charge on any atom is -0.489 e. The van der Waals surface area contributed by atoms with Gasteiger partial charge in [0.25, 0.3) is 0 Å². The van der Waals surface area contributed by atoms with E-state index in [0.717, 1.165) is 42.5 Å². The van der Waals surface area contributed by atoms with Crippen LogP contribution in [0, 0.1) is 17.6 Å². The fraction of sp³-hybridized carbons (Fsp3) is 0.367. The molecule has 0 aliphatic carbocycles. The number of amides is 1. The molecule has 1 amide bonds. The summed E-state index contributed by atoms with van der Waals surface area (Å²) in [5.41, 5.74) is -1.60. The van der Waals surface area contributed by atoms with Gasteiger partial charge in [-0.3, -0.25) is 4.79 Å². The monoisotopic (exact) mass is 657 g/mol. The Balaban J connectivity index is 1.44. The standard InChI is InChI=1S/C30H28F5NO6S2/c31-22-6-10-24(11-7-22)44(40,41)29(14-15-36(19-29)28(37)20-12-16-43(38,39)17-13-20)21-4-8-23(9-5-21)42-18-25-26(30(33,34)35)2-1-3-27(25)32/h1-11,20H,12-19H2/t29-/m0/s1. The molecule has 0 saturated carbocycles. The van der Waals surface area contributed by atoms with E-state index in [2.05, 4.69) is 0 Å². The zero-order valence-corrected chi connectivity index (χ0v) is 24.8. The number of ether oxygens (including phenoxy) is 1. The average molecular weight is 658 g/mol. The highest BCUT2D eigenvalue weighted by Gasteiger charge is 2.52. The van der Waals surface area contributed by atoms with E-state index >= 15 is 0 Å². The van der Waals surface area contributed by atoms with Crippen molar-refractivity contribution in [2.45, 2.75) is 41.7 Å². The summed E-state index contributed by atoms with van der Waals surface area (Å²) >= 11 is 0. The van der Waals surface area contributed by atoms with Crippen molar-refractivity contribution >= 4 is 25.6 Å². The summed E-state index contributed by atoms with van der Waals surface area (Å²) in [4.78, 5) is 14.6. The molecule has 0 aromatic heterocycles. The van der Waals surface area contributed by atoms with Crippen LogP contribution in [0.4, 0.5) is 22.0 Å². The maximum atomic E-state index is 14.3. The fourth-order valence-corrected chi connectivity index (χ4v) is 9.37. The first kappa shape index (κ1) is 31.9. The number of hydrogen-bond acceptors (Lipinski definition) is 6. The number of hydrogen-bond donors (Lipinski definition) is 0. The number of alkyl halides is 3. The zero-order chi connectivity index (χ0) is 31.9. The molecule has 0 bridgehead atoms. The summed E-state index contributed by atoms with van der Waals surface area (Å²) in [5, 5.41) is 0. The Morgan fingerprint density at radius 2 is 1.59 bits per heavy atom. The number of rotatable bonds is 7. The van der Waals surface area contributed by atoms with Crippen LogP contribution in [-0.4, -0.2) is 52.2 Å². The SMILES string of the molecule is O=C(C1CCS(=O)(=O)CC1)N1CC[C@](c2ccc(OCc3c(F)cccc3C(F)(F)F)cc2)(S(=O)(=O)c2ccc(F)cc2)C1. The smallest absolute Gasteiger partial charge is 0.416 e. The number of carbonyl (C=O) groups is 1. The van der Waals surface area contributed by atoms with Gasteiger partial charge in [0.2, 0.25) is 5.91 Å². The number of halogens is 5. The third kappa shape index (κ3) is 6.19.